The van der Waals surface area contributed by atoms with Gasteiger partial charge >= 0.3 is 0 Å². The first kappa shape index (κ1) is 8.23. The topological polar surface area (TPSA) is 17.3 Å². The second-order valence-electron chi connectivity index (χ2n) is 3.41. The van der Waals surface area contributed by atoms with Crippen LogP contribution in [-0.2, 0) is 0 Å². The van der Waals surface area contributed by atoms with Crippen LogP contribution in [0.4, 0.5) is 4.39 Å². The van der Waals surface area contributed by atoms with Gasteiger partial charge in [-0.25, -0.2) is 9.37 Å². The third-order valence-corrected chi connectivity index (χ3v) is 2.04. The van der Waals surface area contributed by atoms with Crippen molar-refractivity contribution < 1.29 is 4.39 Å². The molecule has 0 saturated carbocycles. The average molecular weight is 178 g/mol. The maximum absolute atomic E-state index is 12.9. The molecular formula is C10H11FN2. The van der Waals surface area contributed by atoms with Crippen molar-refractivity contribution >= 4 is 5.52 Å². The molecule has 3 heteroatoms. The van der Waals surface area contributed by atoms with E-state index in [-0.39, 0.29) is 5.82 Å². The van der Waals surface area contributed by atoms with Gasteiger partial charge in [0.1, 0.15) is 11.6 Å². The SMILES string of the molecule is CC(C)c1ncc2ccc(F)cn12. The van der Waals surface area contributed by atoms with Gasteiger partial charge in [-0.2, -0.15) is 0 Å². The average Bonchev–Trinajstić information content (AvgIpc) is 2.46. The fourth-order valence-corrected chi connectivity index (χ4v) is 1.41. The summed E-state index contributed by atoms with van der Waals surface area (Å²) in [6, 6.07) is 3.18. The highest BCUT2D eigenvalue weighted by Gasteiger charge is 2.07. The molecule has 2 aromatic rings. The third kappa shape index (κ3) is 1.30. The van der Waals surface area contributed by atoms with Gasteiger partial charge in [-0.05, 0) is 12.1 Å². The molecule has 0 aromatic carbocycles. The maximum Gasteiger partial charge on any atom is 0.139 e. The Morgan fingerprint density at radius 1 is 1.38 bits per heavy atom. The Kier molecular flexibility index (Phi) is 1.79. The normalized spacial score (nSPS) is 11.4. The fraction of sp³-hybridized carbons (Fsp3) is 0.300. The Morgan fingerprint density at radius 3 is 2.85 bits per heavy atom. The molecule has 2 heterocycles. The van der Waals surface area contributed by atoms with Gasteiger partial charge in [0.2, 0.25) is 0 Å². The molecule has 0 amide bonds. The summed E-state index contributed by atoms with van der Waals surface area (Å²) in [5.41, 5.74) is 0.935. The summed E-state index contributed by atoms with van der Waals surface area (Å²) in [7, 11) is 0. The van der Waals surface area contributed by atoms with Crippen molar-refractivity contribution in [3.63, 3.8) is 0 Å². The number of hydrogen-bond acceptors (Lipinski definition) is 1. The molecule has 2 nitrogen and oxygen atoms in total. The van der Waals surface area contributed by atoms with E-state index in [0.29, 0.717) is 5.92 Å². The largest absolute Gasteiger partial charge is 0.301 e. The van der Waals surface area contributed by atoms with Crippen LogP contribution in [0.1, 0.15) is 25.6 Å². The molecule has 13 heavy (non-hydrogen) atoms. The number of aromatic nitrogens is 2. The quantitative estimate of drug-likeness (QED) is 0.656. The number of rotatable bonds is 1. The van der Waals surface area contributed by atoms with Crippen LogP contribution in [0.2, 0.25) is 0 Å². The fourth-order valence-electron chi connectivity index (χ4n) is 1.41. The van der Waals surface area contributed by atoms with Gasteiger partial charge in [0.15, 0.2) is 0 Å². The molecule has 0 bridgehead atoms. The zero-order chi connectivity index (χ0) is 9.42. The number of imidazole rings is 1. The molecule has 0 atom stereocenters. The van der Waals surface area contributed by atoms with Crippen LogP contribution in [0, 0.1) is 5.82 Å². The second-order valence-corrected chi connectivity index (χ2v) is 3.41. The van der Waals surface area contributed by atoms with Crippen LogP contribution in [-0.4, -0.2) is 9.38 Å². The summed E-state index contributed by atoms with van der Waals surface area (Å²) in [5.74, 6) is 0.978. The van der Waals surface area contributed by atoms with Gasteiger partial charge in [-0.3, -0.25) is 0 Å². The highest BCUT2D eigenvalue weighted by molar-refractivity contribution is 5.46. The van der Waals surface area contributed by atoms with Gasteiger partial charge in [0.25, 0.3) is 0 Å². The van der Waals surface area contributed by atoms with Crippen LogP contribution >= 0.6 is 0 Å². The first-order valence-corrected chi connectivity index (χ1v) is 4.31. The van der Waals surface area contributed by atoms with E-state index >= 15 is 0 Å². The Balaban J connectivity index is 2.71. The van der Waals surface area contributed by atoms with Crippen LogP contribution in [0.15, 0.2) is 24.5 Å². The molecule has 0 aliphatic carbocycles. The molecule has 0 aliphatic heterocycles. The first-order valence-electron chi connectivity index (χ1n) is 4.31. The van der Waals surface area contributed by atoms with Crippen LogP contribution < -0.4 is 0 Å². The van der Waals surface area contributed by atoms with Crippen molar-refractivity contribution in [2.45, 2.75) is 19.8 Å². The minimum Gasteiger partial charge on any atom is -0.301 e. The molecule has 0 radical (unpaired) electrons. The molecule has 0 spiro atoms. The number of hydrogen-bond donors (Lipinski definition) is 0. The van der Waals surface area contributed by atoms with E-state index in [4.69, 9.17) is 0 Å². The van der Waals surface area contributed by atoms with E-state index in [1.165, 1.54) is 12.3 Å². The second kappa shape index (κ2) is 2.83. The van der Waals surface area contributed by atoms with Crippen molar-refractivity contribution in [2.24, 2.45) is 0 Å². The molecule has 68 valence electrons. The number of fused-ring (bicyclic) bond motifs is 1. The zero-order valence-corrected chi connectivity index (χ0v) is 7.66. The smallest absolute Gasteiger partial charge is 0.139 e. The van der Waals surface area contributed by atoms with Gasteiger partial charge in [-0.15, -0.1) is 0 Å². The van der Waals surface area contributed by atoms with E-state index in [0.717, 1.165) is 11.3 Å². The molecule has 2 rings (SSSR count). The highest BCUT2D eigenvalue weighted by Crippen LogP contribution is 2.15. The predicted octanol–water partition coefficient (Wildman–Crippen LogP) is 2.60. The minimum absolute atomic E-state index is 0.229. The number of pyridine rings is 1. The summed E-state index contributed by atoms with van der Waals surface area (Å²) in [4.78, 5) is 4.23. The molecular weight excluding hydrogens is 167 g/mol. The van der Waals surface area contributed by atoms with E-state index in [2.05, 4.69) is 4.98 Å². The minimum atomic E-state index is -0.229. The Labute approximate surface area is 76.0 Å². The lowest BCUT2D eigenvalue weighted by Gasteiger charge is -2.03. The van der Waals surface area contributed by atoms with Crippen LogP contribution in [0.3, 0.4) is 0 Å². The molecule has 0 unspecified atom stereocenters. The molecule has 0 N–H and O–H groups in total. The van der Waals surface area contributed by atoms with E-state index in [1.807, 2.05) is 13.8 Å². The van der Waals surface area contributed by atoms with Gasteiger partial charge in [-0.1, -0.05) is 13.8 Å². The maximum atomic E-state index is 12.9. The van der Waals surface area contributed by atoms with Crippen LogP contribution in [0.5, 0.6) is 0 Å². The molecule has 2 aromatic heterocycles. The van der Waals surface area contributed by atoms with Gasteiger partial charge < -0.3 is 4.40 Å². The van der Waals surface area contributed by atoms with Gasteiger partial charge in [0.05, 0.1) is 11.7 Å². The number of nitrogens with zero attached hydrogens (tertiary/aromatic N) is 2. The Hall–Kier alpha value is -1.38. The molecule has 0 saturated heterocycles. The van der Waals surface area contributed by atoms with E-state index in [9.17, 15) is 4.39 Å². The lowest BCUT2D eigenvalue weighted by molar-refractivity contribution is 0.615. The molecule has 0 aliphatic rings. The summed E-state index contributed by atoms with van der Waals surface area (Å²) in [5, 5.41) is 0. The zero-order valence-electron chi connectivity index (χ0n) is 7.66. The van der Waals surface area contributed by atoms with Crippen molar-refractivity contribution in [1.82, 2.24) is 9.38 Å². The summed E-state index contributed by atoms with van der Waals surface area (Å²) in [6.45, 7) is 4.08. The Morgan fingerprint density at radius 2 is 2.15 bits per heavy atom. The monoisotopic (exact) mass is 178 g/mol. The number of halogens is 1. The first-order chi connectivity index (χ1) is 6.18. The molecule has 0 fully saturated rings. The standard InChI is InChI=1S/C10H11FN2/c1-7(2)10-12-5-9-4-3-8(11)6-13(9)10/h3-7H,1-2H3. The highest BCUT2D eigenvalue weighted by atomic mass is 19.1. The van der Waals surface area contributed by atoms with E-state index in [1.54, 1.807) is 16.7 Å². The van der Waals surface area contributed by atoms with Crippen molar-refractivity contribution in [2.75, 3.05) is 0 Å². The summed E-state index contributed by atoms with van der Waals surface area (Å²) >= 11 is 0. The van der Waals surface area contributed by atoms with E-state index < -0.39 is 0 Å². The summed E-state index contributed by atoms with van der Waals surface area (Å²) < 4.78 is 14.7. The third-order valence-electron chi connectivity index (χ3n) is 2.04. The van der Waals surface area contributed by atoms with Crippen molar-refractivity contribution in [3.05, 3.63) is 36.2 Å². The van der Waals surface area contributed by atoms with Gasteiger partial charge in [0, 0.05) is 12.1 Å². The summed E-state index contributed by atoms with van der Waals surface area (Å²) in [6.07, 6.45) is 3.23. The Bertz CT molecular complexity index is 431. The van der Waals surface area contributed by atoms with Crippen molar-refractivity contribution in [3.8, 4) is 0 Å². The van der Waals surface area contributed by atoms with Crippen molar-refractivity contribution in [1.29, 1.82) is 0 Å². The lowest BCUT2D eigenvalue weighted by atomic mass is 10.2. The lowest BCUT2D eigenvalue weighted by Crippen LogP contribution is -1.97. The van der Waals surface area contributed by atoms with Crippen LogP contribution in [0.25, 0.3) is 5.52 Å². The predicted molar refractivity (Wildman–Crippen MR) is 49.2 cm³/mol.